The van der Waals surface area contributed by atoms with Crippen LogP contribution in [0.5, 0.6) is 0 Å². The highest BCUT2D eigenvalue weighted by molar-refractivity contribution is 5.96. The van der Waals surface area contributed by atoms with Crippen molar-refractivity contribution in [3.63, 3.8) is 0 Å². The first-order chi connectivity index (χ1) is 10.0. The quantitative estimate of drug-likeness (QED) is 0.848. The van der Waals surface area contributed by atoms with E-state index in [1.54, 1.807) is 0 Å². The van der Waals surface area contributed by atoms with Crippen LogP contribution in [0.2, 0.25) is 0 Å². The number of hydrogen-bond donors (Lipinski definition) is 2. The van der Waals surface area contributed by atoms with Crippen LogP contribution in [0, 0.1) is 11.6 Å². The third kappa shape index (κ3) is 3.18. The molecule has 0 aliphatic carbocycles. The van der Waals surface area contributed by atoms with Crippen LogP contribution in [0.3, 0.4) is 0 Å². The van der Waals surface area contributed by atoms with Gasteiger partial charge in [-0.05, 0) is 24.1 Å². The molecule has 3 N–H and O–H groups in total. The highest BCUT2D eigenvalue weighted by Crippen LogP contribution is 2.21. The Morgan fingerprint density at radius 1 is 1.19 bits per heavy atom. The zero-order chi connectivity index (χ0) is 15.4. The van der Waals surface area contributed by atoms with E-state index in [-0.39, 0.29) is 11.7 Å². The Morgan fingerprint density at radius 3 is 2.48 bits per heavy atom. The lowest BCUT2D eigenvalue weighted by molar-refractivity contribution is 0.0927. The molecule has 0 saturated heterocycles. The fourth-order valence-electron chi connectivity index (χ4n) is 2.11. The molecule has 3 nitrogen and oxygen atoms in total. The summed E-state index contributed by atoms with van der Waals surface area (Å²) in [6, 6.07) is 11.0. The second-order valence-electron chi connectivity index (χ2n) is 4.67. The molecule has 1 unspecified atom stereocenters. The average molecular weight is 290 g/mol. The van der Waals surface area contributed by atoms with Gasteiger partial charge in [-0.2, -0.15) is 0 Å². The first kappa shape index (κ1) is 15.0. The van der Waals surface area contributed by atoms with Crippen LogP contribution in [0.25, 0.3) is 0 Å². The van der Waals surface area contributed by atoms with Crippen LogP contribution < -0.4 is 11.1 Å². The normalized spacial score (nSPS) is 12.0. The molecule has 21 heavy (non-hydrogen) atoms. The third-order valence-corrected chi connectivity index (χ3v) is 3.26. The van der Waals surface area contributed by atoms with Gasteiger partial charge in [-0.25, -0.2) is 8.78 Å². The van der Waals surface area contributed by atoms with Gasteiger partial charge in [0, 0.05) is 0 Å². The molecule has 0 bridgehead atoms. The number of nitrogens with two attached hydrogens (primary N) is 1. The van der Waals surface area contributed by atoms with Crippen molar-refractivity contribution >= 4 is 11.6 Å². The number of carbonyl (C=O) groups excluding carboxylic acids is 1. The van der Waals surface area contributed by atoms with Gasteiger partial charge >= 0.3 is 0 Å². The summed E-state index contributed by atoms with van der Waals surface area (Å²) in [6.45, 7) is 1.88. The minimum atomic E-state index is -1.03. The average Bonchev–Trinajstić information content (AvgIpc) is 2.50. The Balaban J connectivity index is 2.27. The van der Waals surface area contributed by atoms with Crippen molar-refractivity contribution in [2.24, 2.45) is 0 Å². The summed E-state index contributed by atoms with van der Waals surface area (Å²) in [5.74, 6) is -2.77. The number of anilines is 1. The Labute approximate surface area is 121 Å². The Kier molecular flexibility index (Phi) is 4.52. The predicted molar refractivity (Wildman–Crippen MR) is 77.7 cm³/mol. The molecule has 2 rings (SSSR count). The van der Waals surface area contributed by atoms with E-state index in [1.165, 1.54) is 0 Å². The lowest BCUT2D eigenvalue weighted by atomic mass is 10.0. The van der Waals surface area contributed by atoms with Gasteiger partial charge in [-0.1, -0.05) is 37.3 Å². The molecule has 0 aliphatic heterocycles. The molecule has 1 atom stereocenters. The minimum absolute atomic E-state index is 0.255. The molecule has 0 fully saturated rings. The maximum atomic E-state index is 13.8. The van der Waals surface area contributed by atoms with Crippen LogP contribution >= 0.6 is 0 Å². The SMILES string of the molecule is CCC(NC(=O)c1c(F)ccc(N)c1F)c1ccccc1. The summed E-state index contributed by atoms with van der Waals surface area (Å²) >= 11 is 0. The monoisotopic (exact) mass is 290 g/mol. The number of amides is 1. The summed E-state index contributed by atoms with van der Waals surface area (Å²) in [5, 5.41) is 2.63. The van der Waals surface area contributed by atoms with E-state index in [0.717, 1.165) is 17.7 Å². The molecule has 0 spiro atoms. The van der Waals surface area contributed by atoms with Crippen molar-refractivity contribution in [3.8, 4) is 0 Å². The zero-order valence-corrected chi connectivity index (χ0v) is 11.6. The fraction of sp³-hybridized carbons (Fsp3) is 0.188. The molecule has 2 aromatic carbocycles. The topological polar surface area (TPSA) is 55.1 Å². The highest BCUT2D eigenvalue weighted by atomic mass is 19.1. The molecule has 5 heteroatoms. The molecule has 0 radical (unpaired) electrons. The van der Waals surface area contributed by atoms with E-state index < -0.39 is 23.1 Å². The Hall–Kier alpha value is -2.43. The largest absolute Gasteiger partial charge is 0.396 e. The van der Waals surface area contributed by atoms with Crippen LogP contribution in [-0.2, 0) is 0 Å². The molecule has 110 valence electrons. The lowest BCUT2D eigenvalue weighted by Crippen LogP contribution is -2.30. The van der Waals surface area contributed by atoms with Gasteiger partial charge in [0.15, 0.2) is 5.82 Å². The minimum Gasteiger partial charge on any atom is -0.396 e. The van der Waals surface area contributed by atoms with Crippen LogP contribution in [0.1, 0.15) is 35.3 Å². The van der Waals surface area contributed by atoms with Gasteiger partial charge < -0.3 is 11.1 Å². The molecule has 0 heterocycles. The summed E-state index contributed by atoms with van der Waals surface area (Å²) in [6.07, 6.45) is 0.599. The van der Waals surface area contributed by atoms with E-state index in [1.807, 2.05) is 37.3 Å². The maximum Gasteiger partial charge on any atom is 0.257 e. The van der Waals surface area contributed by atoms with Crippen LogP contribution in [0.4, 0.5) is 14.5 Å². The number of halogens is 2. The van der Waals surface area contributed by atoms with Crippen molar-refractivity contribution in [1.29, 1.82) is 0 Å². The summed E-state index contributed by atoms with van der Waals surface area (Å²) in [4.78, 5) is 12.1. The summed E-state index contributed by atoms with van der Waals surface area (Å²) < 4.78 is 27.5. The molecule has 0 saturated carbocycles. The van der Waals surface area contributed by atoms with E-state index in [9.17, 15) is 13.6 Å². The van der Waals surface area contributed by atoms with Gasteiger partial charge in [-0.15, -0.1) is 0 Å². The molecule has 0 aliphatic rings. The molecule has 1 amide bonds. The summed E-state index contributed by atoms with van der Waals surface area (Å²) in [7, 11) is 0. The number of rotatable bonds is 4. The number of benzene rings is 2. The van der Waals surface area contributed by atoms with Gasteiger partial charge in [0.05, 0.1) is 11.7 Å². The van der Waals surface area contributed by atoms with Crippen molar-refractivity contribution < 1.29 is 13.6 Å². The Bertz CT molecular complexity index is 644. The predicted octanol–water partition coefficient (Wildman–Crippen LogP) is 3.43. The first-order valence-electron chi connectivity index (χ1n) is 6.63. The van der Waals surface area contributed by atoms with Crippen molar-refractivity contribution in [3.05, 3.63) is 65.2 Å². The smallest absolute Gasteiger partial charge is 0.257 e. The number of nitrogens with one attached hydrogen (secondary N) is 1. The Morgan fingerprint density at radius 2 is 1.86 bits per heavy atom. The van der Waals surface area contributed by atoms with E-state index in [0.29, 0.717) is 6.42 Å². The molecule has 0 aromatic heterocycles. The third-order valence-electron chi connectivity index (χ3n) is 3.26. The molecular weight excluding hydrogens is 274 g/mol. The van der Waals surface area contributed by atoms with Crippen molar-refractivity contribution in [2.75, 3.05) is 5.73 Å². The highest BCUT2D eigenvalue weighted by Gasteiger charge is 2.22. The number of carbonyl (C=O) groups is 1. The number of hydrogen-bond acceptors (Lipinski definition) is 2. The zero-order valence-electron chi connectivity index (χ0n) is 11.6. The van der Waals surface area contributed by atoms with Crippen LogP contribution in [0.15, 0.2) is 42.5 Å². The molecular formula is C16H16F2N2O. The molecule has 2 aromatic rings. The first-order valence-corrected chi connectivity index (χ1v) is 6.63. The van der Waals surface area contributed by atoms with Crippen molar-refractivity contribution in [2.45, 2.75) is 19.4 Å². The van der Waals surface area contributed by atoms with E-state index in [4.69, 9.17) is 5.73 Å². The fourth-order valence-corrected chi connectivity index (χ4v) is 2.11. The maximum absolute atomic E-state index is 13.8. The van der Waals surface area contributed by atoms with Gasteiger partial charge in [0.25, 0.3) is 5.91 Å². The van der Waals surface area contributed by atoms with Gasteiger partial charge in [0.2, 0.25) is 0 Å². The van der Waals surface area contributed by atoms with Crippen molar-refractivity contribution in [1.82, 2.24) is 5.32 Å². The van der Waals surface area contributed by atoms with E-state index in [2.05, 4.69) is 5.32 Å². The lowest BCUT2D eigenvalue weighted by Gasteiger charge is -2.18. The standard InChI is InChI=1S/C16H16F2N2O/c1-2-13(10-6-4-3-5-7-10)20-16(21)14-11(17)8-9-12(19)15(14)18/h3-9,13H,2,19H2,1H3,(H,20,21). The van der Waals surface area contributed by atoms with E-state index >= 15 is 0 Å². The second kappa shape index (κ2) is 6.35. The number of nitrogen functional groups attached to an aromatic ring is 1. The second-order valence-corrected chi connectivity index (χ2v) is 4.67. The van der Waals surface area contributed by atoms with Gasteiger partial charge in [-0.3, -0.25) is 4.79 Å². The van der Waals surface area contributed by atoms with Gasteiger partial charge in [0.1, 0.15) is 11.4 Å². The summed E-state index contributed by atoms with van der Waals surface area (Å²) in [5.41, 5.74) is 5.35. The van der Waals surface area contributed by atoms with Crippen LogP contribution in [-0.4, -0.2) is 5.91 Å².